The fourth-order valence-electron chi connectivity index (χ4n) is 1.65. The van der Waals surface area contributed by atoms with E-state index in [1.165, 1.54) is 4.68 Å². The summed E-state index contributed by atoms with van der Waals surface area (Å²) in [5.74, 6) is 0. The number of rotatable bonds is 2. The van der Waals surface area contributed by atoms with Gasteiger partial charge in [-0.05, 0) is 37.2 Å². The first kappa shape index (κ1) is 14.0. The molecule has 20 heavy (non-hydrogen) atoms. The van der Waals surface area contributed by atoms with E-state index < -0.39 is 11.1 Å². The normalized spacial score (nSPS) is 10.3. The first-order valence-electron chi connectivity index (χ1n) is 5.66. The van der Waals surface area contributed by atoms with Crippen LogP contribution in [-0.2, 0) is 7.05 Å². The molecule has 0 radical (unpaired) electrons. The van der Waals surface area contributed by atoms with Crippen molar-refractivity contribution in [3.05, 3.63) is 43.6 Å². The number of nitrogens with zero attached hydrogens (tertiary/aromatic N) is 4. The van der Waals surface area contributed by atoms with Gasteiger partial charge in [-0.2, -0.15) is 10.2 Å². The Morgan fingerprint density at radius 2 is 2.05 bits per heavy atom. The Kier molecular flexibility index (Phi) is 3.72. The minimum absolute atomic E-state index is 0.267. The summed E-state index contributed by atoms with van der Waals surface area (Å²) in [7, 11) is 1.56. The maximum atomic E-state index is 11.3. The van der Waals surface area contributed by atoms with Gasteiger partial charge < -0.3 is 0 Å². The molecule has 0 unspecified atom stereocenters. The number of nitriles is 1. The number of H-pyrrole nitrogens is 1. The maximum Gasteiger partial charge on any atom is 0.339 e. The fourth-order valence-corrected chi connectivity index (χ4v) is 2.63. The molecule has 0 spiro atoms. The summed E-state index contributed by atoms with van der Waals surface area (Å²) in [6, 6.07) is 3.89. The van der Waals surface area contributed by atoms with Crippen molar-refractivity contribution in [3.8, 4) is 6.07 Å². The third-order valence-electron chi connectivity index (χ3n) is 2.56. The monoisotopic (exact) mass is 289 g/mol. The standard InChI is InChI=1S/C12H11N5O2S/c1-6-4-7(2)14-11(8(6)5-13)20-12-15-9(18)10(19)16-17(12)3/h4H,1-3H3,(H,16,19). The van der Waals surface area contributed by atoms with Crippen LogP contribution in [0.1, 0.15) is 16.8 Å². The Morgan fingerprint density at radius 1 is 1.35 bits per heavy atom. The average molecular weight is 289 g/mol. The van der Waals surface area contributed by atoms with Gasteiger partial charge in [0.1, 0.15) is 11.1 Å². The van der Waals surface area contributed by atoms with Gasteiger partial charge in [0.2, 0.25) is 0 Å². The van der Waals surface area contributed by atoms with Crippen molar-refractivity contribution in [3.63, 3.8) is 0 Å². The van der Waals surface area contributed by atoms with Crippen molar-refractivity contribution >= 4 is 11.8 Å². The van der Waals surface area contributed by atoms with Gasteiger partial charge in [-0.3, -0.25) is 19.4 Å². The van der Waals surface area contributed by atoms with Gasteiger partial charge in [0.05, 0.1) is 5.56 Å². The summed E-state index contributed by atoms with van der Waals surface area (Å²) in [6.07, 6.45) is 0. The predicted molar refractivity (Wildman–Crippen MR) is 72.6 cm³/mol. The Hall–Kier alpha value is -2.40. The predicted octanol–water partition coefficient (Wildman–Crippen LogP) is 0.503. The topological polar surface area (TPSA) is 104 Å². The Balaban J connectivity index is 2.56. The second-order valence-corrected chi connectivity index (χ2v) is 5.13. The summed E-state index contributed by atoms with van der Waals surface area (Å²) in [6.45, 7) is 3.63. The molecule has 0 saturated heterocycles. The first-order valence-corrected chi connectivity index (χ1v) is 6.47. The molecular formula is C12H11N5O2S. The lowest BCUT2D eigenvalue weighted by Gasteiger charge is -2.08. The lowest BCUT2D eigenvalue weighted by molar-refractivity contribution is 0.596. The minimum atomic E-state index is -0.867. The van der Waals surface area contributed by atoms with Crippen molar-refractivity contribution in [2.45, 2.75) is 24.0 Å². The van der Waals surface area contributed by atoms with Crippen LogP contribution in [0.4, 0.5) is 0 Å². The van der Waals surface area contributed by atoms with Crippen LogP contribution in [0.2, 0.25) is 0 Å². The van der Waals surface area contributed by atoms with Crippen LogP contribution < -0.4 is 11.1 Å². The minimum Gasteiger partial charge on any atom is -0.265 e. The molecule has 0 amide bonds. The van der Waals surface area contributed by atoms with Crippen LogP contribution in [-0.4, -0.2) is 19.7 Å². The molecule has 2 aromatic rings. The number of aryl methyl sites for hydroxylation is 3. The van der Waals surface area contributed by atoms with Crippen molar-refractivity contribution < 1.29 is 0 Å². The molecule has 102 valence electrons. The van der Waals surface area contributed by atoms with Gasteiger partial charge in [0, 0.05) is 12.7 Å². The van der Waals surface area contributed by atoms with Gasteiger partial charge in [-0.1, -0.05) is 0 Å². The van der Waals surface area contributed by atoms with Gasteiger partial charge in [-0.25, -0.2) is 4.98 Å². The molecule has 0 aliphatic heterocycles. The van der Waals surface area contributed by atoms with E-state index in [0.29, 0.717) is 10.6 Å². The number of aromatic amines is 1. The summed E-state index contributed by atoms with van der Waals surface area (Å²) < 4.78 is 1.33. The van der Waals surface area contributed by atoms with Gasteiger partial charge in [-0.15, -0.1) is 0 Å². The molecule has 7 nitrogen and oxygen atoms in total. The summed E-state index contributed by atoms with van der Waals surface area (Å²) >= 11 is 1.06. The van der Waals surface area contributed by atoms with E-state index in [1.54, 1.807) is 7.05 Å². The number of nitrogens with one attached hydrogen (secondary N) is 1. The van der Waals surface area contributed by atoms with E-state index in [0.717, 1.165) is 23.0 Å². The van der Waals surface area contributed by atoms with Crippen molar-refractivity contribution in [1.82, 2.24) is 19.7 Å². The van der Waals surface area contributed by atoms with Gasteiger partial charge in [0.25, 0.3) is 0 Å². The molecule has 0 atom stereocenters. The molecule has 8 heteroatoms. The maximum absolute atomic E-state index is 11.3. The molecule has 2 rings (SSSR count). The molecule has 0 aromatic carbocycles. The fraction of sp³-hybridized carbons (Fsp3) is 0.250. The number of aromatic nitrogens is 4. The number of pyridine rings is 1. The molecule has 0 aliphatic carbocycles. The molecule has 2 aromatic heterocycles. The second-order valence-electron chi connectivity index (χ2n) is 4.17. The lowest BCUT2D eigenvalue weighted by Crippen LogP contribution is -2.33. The third kappa shape index (κ3) is 2.62. The summed E-state index contributed by atoms with van der Waals surface area (Å²) in [5.41, 5.74) is 0.343. The van der Waals surface area contributed by atoms with E-state index in [2.05, 4.69) is 21.1 Å². The van der Waals surface area contributed by atoms with Crippen molar-refractivity contribution in [2.75, 3.05) is 0 Å². The van der Waals surface area contributed by atoms with Crippen LogP contribution in [0, 0.1) is 25.2 Å². The average Bonchev–Trinajstić information content (AvgIpc) is 2.35. The van der Waals surface area contributed by atoms with Crippen molar-refractivity contribution in [2.24, 2.45) is 7.05 Å². The van der Waals surface area contributed by atoms with E-state index >= 15 is 0 Å². The summed E-state index contributed by atoms with van der Waals surface area (Å²) in [5, 5.41) is 12.3. The van der Waals surface area contributed by atoms with Gasteiger partial charge >= 0.3 is 11.1 Å². The Morgan fingerprint density at radius 3 is 2.70 bits per heavy atom. The van der Waals surface area contributed by atoms with Crippen LogP contribution in [0.15, 0.2) is 25.8 Å². The first-order chi connectivity index (χ1) is 9.42. The lowest BCUT2D eigenvalue weighted by atomic mass is 10.1. The molecule has 0 saturated carbocycles. The van der Waals surface area contributed by atoms with Crippen molar-refractivity contribution in [1.29, 1.82) is 5.26 Å². The van der Waals surface area contributed by atoms with Crippen LogP contribution in [0.5, 0.6) is 0 Å². The number of hydrogen-bond acceptors (Lipinski definition) is 6. The van der Waals surface area contributed by atoms with Crippen LogP contribution in [0.3, 0.4) is 0 Å². The van der Waals surface area contributed by atoms with E-state index in [4.69, 9.17) is 0 Å². The van der Waals surface area contributed by atoms with Crippen LogP contribution >= 0.6 is 11.8 Å². The SMILES string of the molecule is Cc1cc(C)c(C#N)c(Sc2nc(=O)c(=O)[nH]n2C)n1. The van der Waals surface area contributed by atoms with E-state index in [-0.39, 0.29) is 5.16 Å². The highest BCUT2D eigenvalue weighted by molar-refractivity contribution is 7.99. The molecule has 0 aliphatic rings. The second kappa shape index (κ2) is 5.30. The quantitative estimate of drug-likeness (QED) is 0.807. The highest BCUT2D eigenvalue weighted by atomic mass is 32.2. The van der Waals surface area contributed by atoms with E-state index in [1.807, 2.05) is 19.9 Å². The Labute approximate surface area is 118 Å². The molecule has 2 heterocycles. The summed E-state index contributed by atoms with van der Waals surface area (Å²) in [4.78, 5) is 30.4. The highest BCUT2D eigenvalue weighted by Gasteiger charge is 2.13. The third-order valence-corrected chi connectivity index (χ3v) is 3.60. The van der Waals surface area contributed by atoms with Gasteiger partial charge in [0.15, 0.2) is 5.16 Å². The van der Waals surface area contributed by atoms with E-state index in [9.17, 15) is 14.9 Å². The molecule has 1 N–H and O–H groups in total. The molecule has 0 bridgehead atoms. The molecule has 0 fully saturated rings. The molecular weight excluding hydrogens is 278 g/mol. The zero-order valence-corrected chi connectivity index (χ0v) is 11.9. The zero-order chi connectivity index (χ0) is 14.9. The largest absolute Gasteiger partial charge is 0.339 e. The smallest absolute Gasteiger partial charge is 0.265 e. The Bertz CT molecular complexity index is 831. The zero-order valence-electron chi connectivity index (χ0n) is 11.1. The highest BCUT2D eigenvalue weighted by Crippen LogP contribution is 2.27. The van der Waals surface area contributed by atoms with Crippen LogP contribution in [0.25, 0.3) is 0 Å². The number of hydrogen-bond donors (Lipinski definition) is 1.